The predicted octanol–water partition coefficient (Wildman–Crippen LogP) is 1.15. The lowest BCUT2D eigenvalue weighted by Gasteiger charge is -2.17. The summed E-state index contributed by atoms with van der Waals surface area (Å²) in [4.78, 5) is 8.58. The van der Waals surface area contributed by atoms with Gasteiger partial charge >= 0.3 is 0 Å². The molecule has 1 atom stereocenters. The Morgan fingerprint density at radius 1 is 1.38 bits per heavy atom. The van der Waals surface area contributed by atoms with Crippen LogP contribution in [0.25, 0.3) is 0 Å². The molecule has 5 heteroatoms. The van der Waals surface area contributed by atoms with Crippen molar-refractivity contribution in [2.45, 2.75) is 25.7 Å². The molecular formula is C11H17N3OS. The van der Waals surface area contributed by atoms with Crippen molar-refractivity contribution in [1.82, 2.24) is 9.97 Å². The van der Waals surface area contributed by atoms with E-state index in [1.165, 1.54) is 24.1 Å². The lowest BCUT2D eigenvalue weighted by molar-refractivity contribution is 0.663. The molecule has 0 aliphatic heterocycles. The number of hydrogen-bond acceptors (Lipinski definition) is 4. The molecule has 0 spiro atoms. The first kappa shape index (κ1) is 11.5. The second-order valence-corrected chi connectivity index (χ2v) is 5.61. The van der Waals surface area contributed by atoms with Gasteiger partial charge in [-0.05, 0) is 25.7 Å². The lowest BCUT2D eigenvalue weighted by Crippen LogP contribution is -2.15. The zero-order valence-corrected chi connectivity index (χ0v) is 10.3. The summed E-state index contributed by atoms with van der Waals surface area (Å²) < 4.78 is 11.0. The Labute approximate surface area is 98.3 Å². The highest BCUT2D eigenvalue weighted by Crippen LogP contribution is 2.23. The molecule has 0 saturated heterocycles. The van der Waals surface area contributed by atoms with Gasteiger partial charge in [0.25, 0.3) is 0 Å². The Bertz CT molecular complexity index is 395. The standard InChI is InChI=1S/C11H17N3OS/c1-16(15)7-6-12-11-9-4-2-3-5-10(9)13-8-14-11/h8H,2-7H2,1H3,(H,12,13,14). The van der Waals surface area contributed by atoms with Crippen molar-refractivity contribution in [3.05, 3.63) is 17.6 Å². The summed E-state index contributed by atoms with van der Waals surface area (Å²) in [7, 11) is -0.747. The topological polar surface area (TPSA) is 54.9 Å². The molecule has 1 heterocycles. The Kier molecular flexibility index (Phi) is 3.88. The molecule has 0 radical (unpaired) electrons. The zero-order valence-electron chi connectivity index (χ0n) is 9.53. The van der Waals surface area contributed by atoms with Crippen LogP contribution in [0.1, 0.15) is 24.1 Å². The molecular weight excluding hydrogens is 222 g/mol. The molecule has 0 bridgehead atoms. The number of hydrogen-bond donors (Lipinski definition) is 1. The highest BCUT2D eigenvalue weighted by molar-refractivity contribution is 7.84. The monoisotopic (exact) mass is 239 g/mol. The van der Waals surface area contributed by atoms with Gasteiger partial charge in [-0.3, -0.25) is 4.21 Å². The minimum absolute atomic E-state index is 0.665. The number of fused-ring (bicyclic) bond motifs is 1. The van der Waals surface area contributed by atoms with E-state index in [1.807, 2.05) is 0 Å². The first-order valence-electron chi connectivity index (χ1n) is 5.64. The molecule has 2 rings (SSSR count). The van der Waals surface area contributed by atoms with Gasteiger partial charge < -0.3 is 5.32 Å². The lowest BCUT2D eigenvalue weighted by atomic mass is 9.96. The number of aromatic nitrogens is 2. The van der Waals surface area contributed by atoms with Crippen LogP contribution in [0.3, 0.4) is 0 Å². The summed E-state index contributed by atoms with van der Waals surface area (Å²) >= 11 is 0. The number of rotatable bonds is 4. The fourth-order valence-corrected chi connectivity index (χ4v) is 2.38. The van der Waals surface area contributed by atoms with Gasteiger partial charge in [0, 0.05) is 40.6 Å². The van der Waals surface area contributed by atoms with Gasteiger partial charge in [-0.15, -0.1) is 0 Å². The average molecular weight is 239 g/mol. The molecule has 1 aromatic heterocycles. The van der Waals surface area contributed by atoms with Crippen molar-refractivity contribution < 1.29 is 4.21 Å². The third kappa shape index (κ3) is 2.78. The Morgan fingerprint density at radius 3 is 3.00 bits per heavy atom. The highest BCUT2D eigenvalue weighted by atomic mass is 32.2. The highest BCUT2D eigenvalue weighted by Gasteiger charge is 2.14. The minimum atomic E-state index is -0.747. The van der Waals surface area contributed by atoms with Gasteiger partial charge in [0.1, 0.15) is 12.1 Å². The van der Waals surface area contributed by atoms with Crippen molar-refractivity contribution >= 4 is 16.6 Å². The van der Waals surface area contributed by atoms with Crippen LogP contribution < -0.4 is 5.32 Å². The van der Waals surface area contributed by atoms with Gasteiger partial charge in [0.15, 0.2) is 0 Å². The van der Waals surface area contributed by atoms with Crippen molar-refractivity contribution in [2.24, 2.45) is 0 Å². The third-order valence-electron chi connectivity index (χ3n) is 2.81. The molecule has 0 aromatic carbocycles. The Balaban J connectivity index is 2.05. The molecule has 1 N–H and O–H groups in total. The normalized spacial score (nSPS) is 16.6. The summed E-state index contributed by atoms with van der Waals surface area (Å²) in [5.74, 6) is 1.61. The van der Waals surface area contributed by atoms with Crippen LogP contribution in [0.4, 0.5) is 5.82 Å². The average Bonchev–Trinajstić information content (AvgIpc) is 2.29. The van der Waals surface area contributed by atoms with E-state index in [0.29, 0.717) is 12.3 Å². The molecule has 16 heavy (non-hydrogen) atoms. The van der Waals surface area contributed by atoms with Crippen LogP contribution in [0.15, 0.2) is 6.33 Å². The second kappa shape index (κ2) is 5.39. The third-order valence-corrected chi connectivity index (χ3v) is 3.59. The fourth-order valence-electron chi connectivity index (χ4n) is 1.99. The molecule has 1 unspecified atom stereocenters. The first-order valence-corrected chi connectivity index (χ1v) is 7.37. The summed E-state index contributed by atoms with van der Waals surface area (Å²) in [6.07, 6.45) is 7.91. The number of aryl methyl sites for hydroxylation is 1. The molecule has 1 aromatic rings. The maximum Gasteiger partial charge on any atom is 0.132 e. The van der Waals surface area contributed by atoms with Gasteiger partial charge in [-0.2, -0.15) is 0 Å². The van der Waals surface area contributed by atoms with Crippen molar-refractivity contribution in [1.29, 1.82) is 0 Å². The molecule has 88 valence electrons. The summed E-state index contributed by atoms with van der Waals surface area (Å²) in [5, 5.41) is 3.26. The minimum Gasteiger partial charge on any atom is -0.369 e. The Morgan fingerprint density at radius 2 is 2.19 bits per heavy atom. The zero-order chi connectivity index (χ0) is 11.4. The summed E-state index contributed by atoms with van der Waals surface area (Å²) in [6.45, 7) is 0.715. The van der Waals surface area contributed by atoms with E-state index in [9.17, 15) is 4.21 Å². The van der Waals surface area contributed by atoms with Crippen LogP contribution in [0.5, 0.6) is 0 Å². The van der Waals surface area contributed by atoms with Crippen LogP contribution in [0, 0.1) is 0 Å². The van der Waals surface area contributed by atoms with Crippen molar-refractivity contribution in [3.8, 4) is 0 Å². The molecule has 0 saturated carbocycles. The van der Waals surface area contributed by atoms with Crippen LogP contribution in [0.2, 0.25) is 0 Å². The van der Waals surface area contributed by atoms with Gasteiger partial charge in [-0.25, -0.2) is 9.97 Å². The largest absolute Gasteiger partial charge is 0.369 e. The predicted molar refractivity (Wildman–Crippen MR) is 66.1 cm³/mol. The van der Waals surface area contributed by atoms with Gasteiger partial charge in [-0.1, -0.05) is 0 Å². The van der Waals surface area contributed by atoms with Crippen molar-refractivity contribution in [2.75, 3.05) is 23.9 Å². The quantitative estimate of drug-likeness (QED) is 0.856. The van der Waals surface area contributed by atoms with Crippen LogP contribution >= 0.6 is 0 Å². The first-order chi connectivity index (χ1) is 7.77. The van der Waals surface area contributed by atoms with Crippen LogP contribution in [-0.4, -0.2) is 32.7 Å². The molecule has 0 amide bonds. The van der Waals surface area contributed by atoms with Crippen LogP contribution in [-0.2, 0) is 23.6 Å². The summed E-state index contributed by atoms with van der Waals surface area (Å²) in [6, 6.07) is 0. The van der Waals surface area contributed by atoms with E-state index >= 15 is 0 Å². The molecule has 1 aliphatic rings. The Hall–Kier alpha value is -0.970. The maximum atomic E-state index is 11.0. The van der Waals surface area contributed by atoms with E-state index in [-0.39, 0.29) is 0 Å². The van der Waals surface area contributed by atoms with E-state index in [4.69, 9.17) is 0 Å². The molecule has 4 nitrogen and oxygen atoms in total. The van der Waals surface area contributed by atoms with E-state index in [2.05, 4.69) is 15.3 Å². The van der Waals surface area contributed by atoms with Crippen molar-refractivity contribution in [3.63, 3.8) is 0 Å². The molecule has 0 fully saturated rings. The fraction of sp³-hybridized carbons (Fsp3) is 0.636. The maximum absolute atomic E-state index is 11.0. The number of nitrogens with zero attached hydrogens (tertiary/aromatic N) is 2. The van der Waals surface area contributed by atoms with E-state index in [0.717, 1.165) is 18.7 Å². The van der Waals surface area contributed by atoms with E-state index in [1.54, 1.807) is 12.6 Å². The van der Waals surface area contributed by atoms with Gasteiger partial charge in [0.2, 0.25) is 0 Å². The van der Waals surface area contributed by atoms with E-state index < -0.39 is 10.8 Å². The smallest absolute Gasteiger partial charge is 0.132 e. The second-order valence-electron chi connectivity index (χ2n) is 4.06. The molecule has 1 aliphatic carbocycles. The number of nitrogens with one attached hydrogen (secondary N) is 1. The van der Waals surface area contributed by atoms with Gasteiger partial charge in [0.05, 0.1) is 0 Å². The SMILES string of the molecule is CS(=O)CCNc1ncnc2c1CCCC2. The number of anilines is 1. The summed E-state index contributed by atoms with van der Waals surface area (Å²) in [5.41, 5.74) is 2.44.